The molecule has 2 aliphatic rings. The van der Waals surface area contributed by atoms with Gasteiger partial charge in [-0.15, -0.1) is 0 Å². The number of aromatic nitrogens is 2. The van der Waals surface area contributed by atoms with Crippen molar-refractivity contribution in [1.82, 2.24) is 15.5 Å². The first-order valence-corrected chi connectivity index (χ1v) is 7.46. The number of nitrogens with two attached hydrogens (primary N) is 1. The van der Waals surface area contributed by atoms with Crippen LogP contribution in [0.4, 0.5) is 0 Å². The highest BCUT2D eigenvalue weighted by molar-refractivity contribution is 5.73. The minimum Gasteiger partial charge on any atom is -0.342 e. The van der Waals surface area contributed by atoms with E-state index in [4.69, 9.17) is 10.3 Å². The fraction of sp³-hybridized carbons (Fsp3) is 0.786. The summed E-state index contributed by atoms with van der Waals surface area (Å²) in [5.41, 5.74) is 5.33. The zero-order valence-corrected chi connectivity index (χ0v) is 11.9. The van der Waals surface area contributed by atoms with Gasteiger partial charge in [0.25, 0.3) is 5.89 Å². The summed E-state index contributed by atoms with van der Waals surface area (Å²) in [6, 6.07) is 0. The molecule has 1 amide bonds. The maximum Gasteiger partial charge on any atom is 0.252 e. The van der Waals surface area contributed by atoms with E-state index in [0.717, 1.165) is 44.9 Å². The molecule has 0 aromatic carbocycles. The molecule has 0 radical (unpaired) electrons. The van der Waals surface area contributed by atoms with Gasteiger partial charge in [0.1, 0.15) is 5.54 Å². The van der Waals surface area contributed by atoms with E-state index in [2.05, 4.69) is 15.5 Å². The van der Waals surface area contributed by atoms with Gasteiger partial charge in [0.05, 0.1) is 5.54 Å². The Morgan fingerprint density at radius 1 is 1.20 bits per heavy atom. The first-order chi connectivity index (χ1) is 9.54. The standard InChI is InChI=1S/C14H22N4O2/c1-10(19)17-14(8-3-2-4-9-14)12-16-11(18-20-12)13(15)6-5-7-13/h2-9,15H2,1H3,(H,17,19). The molecule has 1 heterocycles. The van der Waals surface area contributed by atoms with Crippen molar-refractivity contribution in [3.05, 3.63) is 11.7 Å². The fourth-order valence-corrected chi connectivity index (χ4v) is 3.29. The van der Waals surface area contributed by atoms with Crippen LogP contribution in [0.15, 0.2) is 4.52 Å². The number of carbonyl (C=O) groups excluding carboxylic acids is 1. The van der Waals surface area contributed by atoms with E-state index < -0.39 is 11.1 Å². The average Bonchev–Trinajstić information content (AvgIpc) is 2.86. The topological polar surface area (TPSA) is 94.0 Å². The van der Waals surface area contributed by atoms with Gasteiger partial charge < -0.3 is 15.6 Å². The largest absolute Gasteiger partial charge is 0.342 e. The van der Waals surface area contributed by atoms with Crippen LogP contribution >= 0.6 is 0 Å². The molecule has 2 aliphatic carbocycles. The van der Waals surface area contributed by atoms with Gasteiger partial charge in [-0.1, -0.05) is 24.4 Å². The summed E-state index contributed by atoms with van der Waals surface area (Å²) in [5.74, 6) is 1.06. The predicted molar refractivity (Wildman–Crippen MR) is 72.6 cm³/mol. The van der Waals surface area contributed by atoms with E-state index in [1.54, 1.807) is 0 Å². The van der Waals surface area contributed by atoms with Gasteiger partial charge in [-0.25, -0.2) is 0 Å². The minimum atomic E-state index is -0.491. The lowest BCUT2D eigenvalue weighted by atomic mass is 9.77. The molecular weight excluding hydrogens is 256 g/mol. The molecular formula is C14H22N4O2. The van der Waals surface area contributed by atoms with Crippen LogP contribution < -0.4 is 11.1 Å². The van der Waals surface area contributed by atoms with Crippen LogP contribution in [0.25, 0.3) is 0 Å². The number of hydrogen-bond donors (Lipinski definition) is 2. The smallest absolute Gasteiger partial charge is 0.252 e. The first-order valence-electron chi connectivity index (χ1n) is 7.46. The van der Waals surface area contributed by atoms with Crippen molar-refractivity contribution in [2.45, 2.75) is 69.4 Å². The Hall–Kier alpha value is -1.43. The fourth-order valence-electron chi connectivity index (χ4n) is 3.29. The number of rotatable bonds is 3. The summed E-state index contributed by atoms with van der Waals surface area (Å²) in [6.07, 6.45) is 7.92. The normalized spacial score (nSPS) is 23.9. The molecule has 0 aliphatic heterocycles. The molecule has 3 rings (SSSR count). The Labute approximate surface area is 118 Å². The molecule has 1 aromatic heterocycles. The van der Waals surface area contributed by atoms with Crippen molar-refractivity contribution in [1.29, 1.82) is 0 Å². The van der Waals surface area contributed by atoms with E-state index in [-0.39, 0.29) is 5.91 Å². The van der Waals surface area contributed by atoms with Crippen LogP contribution in [0.5, 0.6) is 0 Å². The summed E-state index contributed by atoms with van der Waals surface area (Å²) >= 11 is 0. The summed E-state index contributed by atoms with van der Waals surface area (Å²) in [6.45, 7) is 1.53. The highest BCUT2D eigenvalue weighted by Gasteiger charge is 2.44. The van der Waals surface area contributed by atoms with Crippen molar-refractivity contribution in [3.63, 3.8) is 0 Å². The molecule has 2 fully saturated rings. The molecule has 0 bridgehead atoms. The third kappa shape index (κ3) is 2.22. The summed E-state index contributed by atoms with van der Waals surface area (Å²) in [7, 11) is 0. The molecule has 0 spiro atoms. The molecule has 3 N–H and O–H groups in total. The van der Waals surface area contributed by atoms with Crippen LogP contribution in [-0.2, 0) is 15.9 Å². The van der Waals surface area contributed by atoms with E-state index in [1.807, 2.05) is 0 Å². The Balaban J connectivity index is 1.89. The molecule has 0 unspecified atom stereocenters. The number of carbonyl (C=O) groups is 1. The Morgan fingerprint density at radius 2 is 1.90 bits per heavy atom. The Bertz CT molecular complexity index is 501. The van der Waals surface area contributed by atoms with E-state index in [1.165, 1.54) is 13.3 Å². The van der Waals surface area contributed by atoms with E-state index >= 15 is 0 Å². The predicted octanol–water partition coefficient (Wildman–Crippen LogP) is 1.70. The highest BCUT2D eigenvalue weighted by atomic mass is 16.5. The van der Waals surface area contributed by atoms with E-state index in [0.29, 0.717) is 11.7 Å². The Morgan fingerprint density at radius 3 is 2.45 bits per heavy atom. The van der Waals surface area contributed by atoms with Crippen LogP contribution in [0.1, 0.15) is 70.0 Å². The molecule has 1 aromatic rings. The zero-order chi connectivity index (χ0) is 14.2. The SMILES string of the molecule is CC(=O)NC1(c2nc(C3(N)CCC3)no2)CCCCC1. The van der Waals surface area contributed by atoms with Gasteiger partial charge in [-0.2, -0.15) is 4.98 Å². The van der Waals surface area contributed by atoms with Crippen LogP contribution in [0.2, 0.25) is 0 Å². The lowest BCUT2D eigenvalue weighted by molar-refractivity contribution is -0.121. The van der Waals surface area contributed by atoms with Gasteiger partial charge in [0, 0.05) is 6.92 Å². The van der Waals surface area contributed by atoms with Crippen molar-refractivity contribution in [3.8, 4) is 0 Å². The van der Waals surface area contributed by atoms with Crippen molar-refractivity contribution in [2.75, 3.05) is 0 Å². The molecule has 0 atom stereocenters. The molecule has 20 heavy (non-hydrogen) atoms. The number of nitrogens with zero attached hydrogens (tertiary/aromatic N) is 2. The third-order valence-corrected chi connectivity index (χ3v) is 4.65. The first kappa shape index (κ1) is 13.5. The van der Waals surface area contributed by atoms with Crippen molar-refractivity contribution in [2.24, 2.45) is 5.73 Å². The monoisotopic (exact) mass is 278 g/mol. The minimum absolute atomic E-state index is 0.0576. The van der Waals surface area contributed by atoms with Gasteiger partial charge in [0.2, 0.25) is 5.91 Å². The van der Waals surface area contributed by atoms with Crippen LogP contribution in [-0.4, -0.2) is 16.0 Å². The van der Waals surface area contributed by atoms with Crippen LogP contribution in [0.3, 0.4) is 0 Å². The van der Waals surface area contributed by atoms with Gasteiger partial charge in [-0.3, -0.25) is 4.79 Å². The Kier molecular flexibility index (Phi) is 3.28. The van der Waals surface area contributed by atoms with E-state index in [9.17, 15) is 4.79 Å². The number of nitrogens with one attached hydrogen (secondary N) is 1. The maximum atomic E-state index is 11.5. The molecule has 110 valence electrons. The highest BCUT2D eigenvalue weighted by Crippen LogP contribution is 2.40. The molecule has 6 nitrogen and oxygen atoms in total. The zero-order valence-electron chi connectivity index (χ0n) is 11.9. The van der Waals surface area contributed by atoms with Crippen LogP contribution in [0, 0.1) is 0 Å². The molecule has 6 heteroatoms. The number of hydrogen-bond acceptors (Lipinski definition) is 5. The maximum absolute atomic E-state index is 11.5. The molecule has 2 saturated carbocycles. The third-order valence-electron chi connectivity index (χ3n) is 4.65. The molecule has 0 saturated heterocycles. The van der Waals surface area contributed by atoms with Gasteiger partial charge in [0.15, 0.2) is 5.82 Å². The lowest BCUT2D eigenvalue weighted by Gasteiger charge is -2.35. The summed E-state index contributed by atoms with van der Waals surface area (Å²) < 4.78 is 5.47. The second-order valence-electron chi connectivity index (χ2n) is 6.26. The second-order valence-corrected chi connectivity index (χ2v) is 6.26. The lowest BCUT2D eigenvalue weighted by Crippen LogP contribution is -2.47. The quantitative estimate of drug-likeness (QED) is 0.877. The van der Waals surface area contributed by atoms with Gasteiger partial charge in [-0.05, 0) is 32.1 Å². The summed E-state index contributed by atoms with van der Waals surface area (Å²) in [4.78, 5) is 16.1. The summed E-state index contributed by atoms with van der Waals surface area (Å²) in [5, 5.41) is 7.11. The second kappa shape index (κ2) is 4.84. The van der Waals surface area contributed by atoms with Crippen molar-refractivity contribution >= 4 is 5.91 Å². The van der Waals surface area contributed by atoms with Gasteiger partial charge >= 0.3 is 0 Å². The number of amides is 1. The van der Waals surface area contributed by atoms with Crippen molar-refractivity contribution < 1.29 is 9.32 Å². The average molecular weight is 278 g/mol.